The molecule has 0 N–H and O–H groups in total. The Morgan fingerprint density at radius 1 is 1.20 bits per heavy atom. The summed E-state index contributed by atoms with van der Waals surface area (Å²) in [7, 11) is 0. The largest absolute Gasteiger partial charge is 0.317 e. The lowest BCUT2D eigenvalue weighted by Crippen LogP contribution is -2.27. The number of carbonyl (C=O) groups excluding carboxylic acids is 1. The summed E-state index contributed by atoms with van der Waals surface area (Å²) in [5.74, 6) is 0.250. The number of hydrogen-bond acceptors (Lipinski definition) is 1. The molecule has 3 heteroatoms. The third-order valence-electron chi connectivity index (χ3n) is 3.94. The monoisotopic (exact) mass is 287 g/mol. The lowest BCUT2D eigenvalue weighted by Gasteiger charge is -2.29. The van der Waals surface area contributed by atoms with Crippen LogP contribution in [-0.2, 0) is 6.42 Å². The lowest BCUT2D eigenvalue weighted by atomic mass is 9.76. The van der Waals surface area contributed by atoms with E-state index in [4.69, 9.17) is 11.6 Å². The fourth-order valence-corrected chi connectivity index (χ4v) is 3.31. The smallest absolute Gasteiger partial charge is 0.165 e. The van der Waals surface area contributed by atoms with Crippen molar-refractivity contribution in [3.8, 4) is 5.69 Å². The number of Topliss-reactive ketones (excluding diaryl/α,β-unsaturated/α-hetero) is 1. The number of carbonyl (C=O) groups is 1. The molecule has 0 aliphatic heterocycles. The predicted molar refractivity (Wildman–Crippen MR) is 81.9 cm³/mol. The van der Waals surface area contributed by atoms with Gasteiger partial charge in [0.15, 0.2) is 5.78 Å². The Hall–Kier alpha value is -1.54. The van der Waals surface area contributed by atoms with Crippen molar-refractivity contribution in [2.75, 3.05) is 0 Å². The second-order valence-corrected chi connectivity index (χ2v) is 6.84. The topological polar surface area (TPSA) is 22.0 Å². The molecule has 0 spiro atoms. The number of rotatable bonds is 1. The standard InChI is InChI=1S/C17H18ClNO/c1-11-7-14-15(9-17(2,3)10-16(14)20)19(11)13-6-4-5-12(18)8-13/h4-8H,9-10H2,1-3H3. The van der Waals surface area contributed by atoms with Gasteiger partial charge in [-0.15, -0.1) is 0 Å². The van der Waals surface area contributed by atoms with E-state index in [9.17, 15) is 4.79 Å². The summed E-state index contributed by atoms with van der Waals surface area (Å²) >= 11 is 6.10. The molecule has 1 aliphatic rings. The van der Waals surface area contributed by atoms with Crippen LogP contribution in [0.2, 0.25) is 5.02 Å². The molecular formula is C17H18ClNO. The average molecular weight is 288 g/mol. The zero-order chi connectivity index (χ0) is 14.5. The molecule has 0 unspecified atom stereocenters. The molecule has 1 heterocycles. The lowest BCUT2D eigenvalue weighted by molar-refractivity contribution is 0.0911. The van der Waals surface area contributed by atoms with Crippen LogP contribution in [0.15, 0.2) is 30.3 Å². The summed E-state index contributed by atoms with van der Waals surface area (Å²) in [5, 5.41) is 0.714. The first-order valence-electron chi connectivity index (χ1n) is 6.88. The van der Waals surface area contributed by atoms with Crippen LogP contribution in [-0.4, -0.2) is 10.4 Å². The van der Waals surface area contributed by atoms with Gasteiger partial charge in [-0.2, -0.15) is 0 Å². The van der Waals surface area contributed by atoms with Crippen molar-refractivity contribution in [2.24, 2.45) is 5.41 Å². The van der Waals surface area contributed by atoms with Gasteiger partial charge in [0.1, 0.15) is 0 Å². The number of aryl methyl sites for hydroxylation is 1. The van der Waals surface area contributed by atoms with E-state index in [-0.39, 0.29) is 11.2 Å². The van der Waals surface area contributed by atoms with Gasteiger partial charge in [-0.3, -0.25) is 4.79 Å². The second kappa shape index (κ2) is 4.49. The molecule has 2 aromatic rings. The first kappa shape index (κ1) is 13.4. The number of nitrogens with zero attached hydrogens (tertiary/aromatic N) is 1. The van der Waals surface area contributed by atoms with Crippen molar-refractivity contribution < 1.29 is 4.79 Å². The number of fused-ring (bicyclic) bond motifs is 1. The minimum absolute atomic E-state index is 0.0190. The van der Waals surface area contributed by atoms with Gasteiger partial charge >= 0.3 is 0 Å². The molecule has 0 saturated heterocycles. The highest BCUT2D eigenvalue weighted by atomic mass is 35.5. The molecule has 2 nitrogen and oxygen atoms in total. The molecular weight excluding hydrogens is 270 g/mol. The van der Waals surface area contributed by atoms with Crippen LogP contribution in [0.4, 0.5) is 0 Å². The van der Waals surface area contributed by atoms with Gasteiger partial charge in [0.05, 0.1) is 0 Å². The summed E-state index contributed by atoms with van der Waals surface area (Å²) in [6, 6.07) is 9.80. The first-order valence-corrected chi connectivity index (χ1v) is 7.25. The fraction of sp³-hybridized carbons (Fsp3) is 0.353. The molecule has 1 aliphatic carbocycles. The van der Waals surface area contributed by atoms with E-state index in [2.05, 4.69) is 18.4 Å². The summed E-state index contributed by atoms with van der Waals surface area (Å²) in [4.78, 5) is 12.3. The molecule has 0 fully saturated rings. The molecule has 0 amide bonds. The minimum Gasteiger partial charge on any atom is -0.317 e. The average Bonchev–Trinajstić information content (AvgIpc) is 2.64. The zero-order valence-electron chi connectivity index (χ0n) is 12.0. The predicted octanol–water partition coefficient (Wildman–Crippen LogP) is 4.59. The van der Waals surface area contributed by atoms with Crippen LogP contribution in [0, 0.1) is 12.3 Å². The molecule has 1 aromatic heterocycles. The Morgan fingerprint density at radius 2 is 1.95 bits per heavy atom. The molecule has 0 atom stereocenters. The Balaban J connectivity index is 2.21. The third-order valence-corrected chi connectivity index (χ3v) is 4.17. The third kappa shape index (κ3) is 2.18. The first-order chi connectivity index (χ1) is 9.37. The Bertz CT molecular complexity index is 697. The minimum atomic E-state index is 0.0190. The van der Waals surface area contributed by atoms with Gasteiger partial charge in [0.2, 0.25) is 0 Å². The highest BCUT2D eigenvalue weighted by Gasteiger charge is 2.34. The van der Waals surface area contributed by atoms with Crippen molar-refractivity contribution in [1.82, 2.24) is 4.57 Å². The number of ketones is 1. The molecule has 0 bridgehead atoms. The van der Waals surface area contributed by atoms with Crippen molar-refractivity contribution >= 4 is 17.4 Å². The Morgan fingerprint density at radius 3 is 2.65 bits per heavy atom. The summed E-state index contributed by atoms with van der Waals surface area (Å²) in [6.45, 7) is 6.34. The van der Waals surface area contributed by atoms with Gasteiger partial charge in [0.25, 0.3) is 0 Å². The van der Waals surface area contributed by atoms with Crippen molar-refractivity contribution in [3.05, 3.63) is 52.3 Å². The van der Waals surface area contributed by atoms with Crippen molar-refractivity contribution in [3.63, 3.8) is 0 Å². The highest BCUT2D eigenvalue weighted by molar-refractivity contribution is 6.30. The Labute approximate surface area is 124 Å². The van der Waals surface area contributed by atoms with Crippen LogP contribution >= 0.6 is 11.6 Å². The van der Waals surface area contributed by atoms with E-state index >= 15 is 0 Å². The van der Waals surface area contributed by atoms with Gasteiger partial charge in [-0.1, -0.05) is 31.5 Å². The van der Waals surface area contributed by atoms with E-state index in [0.29, 0.717) is 11.4 Å². The summed E-state index contributed by atoms with van der Waals surface area (Å²) < 4.78 is 2.17. The van der Waals surface area contributed by atoms with E-state index in [1.54, 1.807) is 0 Å². The van der Waals surface area contributed by atoms with Crippen molar-refractivity contribution in [2.45, 2.75) is 33.6 Å². The maximum Gasteiger partial charge on any atom is 0.165 e. The molecule has 3 rings (SSSR count). The Kier molecular flexibility index (Phi) is 3.02. The summed E-state index contributed by atoms with van der Waals surface area (Å²) in [5.41, 5.74) is 4.13. The van der Waals surface area contributed by atoms with Gasteiger partial charge in [-0.05, 0) is 43.0 Å². The summed E-state index contributed by atoms with van der Waals surface area (Å²) in [6.07, 6.45) is 1.54. The maximum absolute atomic E-state index is 12.3. The number of halogens is 1. The van der Waals surface area contributed by atoms with Gasteiger partial charge in [0, 0.05) is 34.1 Å². The van der Waals surface area contributed by atoms with E-state index in [1.807, 2.05) is 37.3 Å². The molecule has 1 aromatic carbocycles. The highest BCUT2D eigenvalue weighted by Crippen LogP contribution is 2.37. The number of aromatic nitrogens is 1. The fourth-order valence-electron chi connectivity index (χ4n) is 3.13. The van der Waals surface area contributed by atoms with Gasteiger partial charge < -0.3 is 4.57 Å². The van der Waals surface area contributed by atoms with Crippen LogP contribution in [0.3, 0.4) is 0 Å². The van der Waals surface area contributed by atoms with Crippen LogP contribution < -0.4 is 0 Å². The number of benzene rings is 1. The normalized spacial score (nSPS) is 17.1. The van der Waals surface area contributed by atoms with E-state index in [0.717, 1.165) is 29.1 Å². The van der Waals surface area contributed by atoms with Crippen LogP contribution in [0.5, 0.6) is 0 Å². The van der Waals surface area contributed by atoms with Gasteiger partial charge in [-0.25, -0.2) is 0 Å². The SMILES string of the molecule is Cc1cc2c(n1-c1cccc(Cl)c1)CC(C)(C)CC2=O. The second-order valence-electron chi connectivity index (χ2n) is 6.40. The maximum atomic E-state index is 12.3. The quantitative estimate of drug-likeness (QED) is 0.751. The van der Waals surface area contributed by atoms with E-state index in [1.165, 1.54) is 0 Å². The van der Waals surface area contributed by atoms with Crippen LogP contribution in [0.1, 0.15) is 42.0 Å². The molecule has 0 saturated carbocycles. The van der Waals surface area contributed by atoms with Crippen LogP contribution in [0.25, 0.3) is 5.69 Å². The van der Waals surface area contributed by atoms with E-state index < -0.39 is 0 Å². The molecule has 0 radical (unpaired) electrons. The number of hydrogen-bond donors (Lipinski definition) is 0. The zero-order valence-corrected chi connectivity index (χ0v) is 12.8. The molecule has 20 heavy (non-hydrogen) atoms. The molecule has 104 valence electrons. The van der Waals surface area contributed by atoms with Crippen molar-refractivity contribution in [1.29, 1.82) is 0 Å².